The molecule has 11 rings (SSSR count). The fourth-order valence-corrected chi connectivity index (χ4v) is 13.7. The summed E-state index contributed by atoms with van der Waals surface area (Å²) in [6.07, 6.45) is 9.03. The number of anilines is 4. The molecule has 19 heteroatoms. The lowest BCUT2D eigenvalue weighted by Crippen LogP contribution is -2.59. The smallest absolute Gasteiger partial charge is 0.293 e. The van der Waals surface area contributed by atoms with Gasteiger partial charge in [-0.2, -0.15) is 4.98 Å². The number of para-hydroxylation sites is 1. The van der Waals surface area contributed by atoms with Gasteiger partial charge in [-0.15, -0.1) is 0 Å². The summed E-state index contributed by atoms with van der Waals surface area (Å²) in [5.74, 6) is 0.635. The van der Waals surface area contributed by atoms with Crippen LogP contribution in [0.5, 0.6) is 11.6 Å². The van der Waals surface area contributed by atoms with E-state index in [9.17, 15) is 28.4 Å². The van der Waals surface area contributed by atoms with Gasteiger partial charge in [-0.3, -0.25) is 19.8 Å². The molecule has 3 saturated heterocycles. The number of piperidine rings is 1. The highest BCUT2D eigenvalue weighted by molar-refractivity contribution is 7.90. The molecule has 2 saturated carbocycles. The average Bonchev–Trinajstić information content (AvgIpc) is 3.83. The summed E-state index contributed by atoms with van der Waals surface area (Å²) in [5, 5.41) is 26.8. The largest absolute Gasteiger partial charge is 0.488 e. The molecule has 2 aromatic heterocycles. The SMILES string of the molecule is CN1CCN(C2CC3(CCN(c4ccc(C(=O)NS(=O)(=O)c5ccc(NCC6CCC(C)(O)CC6)c([N+](=O)[O-])c5)c(N5c6cc7cc[nH]c7nc6O[C@H]6COCC[C@@H]65)c4)CC3)C2)[C@@H](c2ccccc2OC(C)(C)C)C1. The number of rotatable bonds is 12. The molecule has 5 aromatic rings. The van der Waals surface area contributed by atoms with Crippen molar-refractivity contribution in [2.24, 2.45) is 11.3 Å². The van der Waals surface area contributed by atoms with E-state index < -0.39 is 43.1 Å². The van der Waals surface area contributed by atoms with Crippen LogP contribution in [0.25, 0.3) is 11.0 Å². The number of nitro benzene ring substituents is 1. The fraction of sp³-hybridized carbons (Fsp3) is 0.536. The third-order valence-electron chi connectivity index (χ3n) is 16.9. The number of nitro groups is 1. The van der Waals surface area contributed by atoms with Crippen molar-refractivity contribution >= 4 is 55.4 Å². The summed E-state index contributed by atoms with van der Waals surface area (Å²) in [6.45, 7) is 13.9. The summed E-state index contributed by atoms with van der Waals surface area (Å²) >= 11 is 0. The Labute approximate surface area is 439 Å². The Kier molecular flexibility index (Phi) is 13.5. The highest BCUT2D eigenvalue weighted by Crippen LogP contribution is 2.54. The summed E-state index contributed by atoms with van der Waals surface area (Å²) in [7, 11) is -2.42. The van der Waals surface area contributed by atoms with Crippen molar-refractivity contribution in [3.8, 4) is 11.6 Å². The monoisotopic (exact) mass is 1050 g/mol. The highest BCUT2D eigenvalue weighted by Gasteiger charge is 2.50. The second-order valence-electron chi connectivity index (χ2n) is 23.4. The molecule has 0 bridgehead atoms. The van der Waals surface area contributed by atoms with Crippen LogP contribution in [0.1, 0.15) is 107 Å². The van der Waals surface area contributed by atoms with E-state index in [1.165, 1.54) is 17.7 Å². The highest BCUT2D eigenvalue weighted by atomic mass is 32.2. The van der Waals surface area contributed by atoms with E-state index in [2.05, 4.69) is 86.7 Å². The maximum atomic E-state index is 14.8. The van der Waals surface area contributed by atoms with Crippen molar-refractivity contribution in [3.05, 3.63) is 100 Å². The first-order valence-electron chi connectivity index (χ1n) is 26.8. The number of aliphatic hydroxyl groups is 1. The fourth-order valence-electron chi connectivity index (χ4n) is 12.7. The lowest BCUT2D eigenvalue weighted by Gasteiger charge is -2.58. The number of amides is 1. The van der Waals surface area contributed by atoms with Gasteiger partial charge in [-0.1, -0.05) is 18.2 Å². The number of nitrogens with zero attached hydrogens (tertiary/aromatic N) is 6. The molecule has 6 heterocycles. The van der Waals surface area contributed by atoms with Crippen molar-refractivity contribution in [2.45, 2.75) is 126 Å². The first-order valence-corrected chi connectivity index (χ1v) is 28.2. The quantitative estimate of drug-likeness (QED) is 0.0682. The van der Waals surface area contributed by atoms with Crippen molar-refractivity contribution in [3.63, 3.8) is 0 Å². The number of carbonyl (C=O) groups excluding carboxylic acids is 1. The van der Waals surface area contributed by atoms with Gasteiger partial charge in [0, 0.05) is 80.8 Å². The van der Waals surface area contributed by atoms with Crippen LogP contribution in [0.3, 0.4) is 0 Å². The van der Waals surface area contributed by atoms with E-state index in [0.717, 1.165) is 94.1 Å². The number of aromatic nitrogens is 2. The molecule has 0 radical (unpaired) electrons. The number of aromatic amines is 1. The number of hydrogen-bond acceptors (Lipinski definition) is 15. The number of fused-ring (bicyclic) bond motifs is 3. The lowest BCUT2D eigenvalue weighted by molar-refractivity contribution is -0.384. The Morgan fingerprint density at radius 3 is 2.51 bits per heavy atom. The molecular weight excluding hydrogens is 975 g/mol. The van der Waals surface area contributed by atoms with E-state index in [4.69, 9.17) is 19.2 Å². The van der Waals surface area contributed by atoms with Gasteiger partial charge in [0.15, 0.2) is 0 Å². The molecule has 4 N–H and O–H groups in total. The first-order chi connectivity index (χ1) is 35.8. The van der Waals surface area contributed by atoms with E-state index in [1.807, 2.05) is 37.4 Å². The van der Waals surface area contributed by atoms with E-state index in [-0.39, 0.29) is 40.3 Å². The molecule has 400 valence electrons. The number of sulfonamides is 1. The minimum Gasteiger partial charge on any atom is -0.488 e. The number of benzene rings is 3. The van der Waals surface area contributed by atoms with Gasteiger partial charge in [0.05, 0.1) is 45.4 Å². The molecule has 3 aromatic carbocycles. The zero-order valence-corrected chi connectivity index (χ0v) is 44.5. The van der Waals surface area contributed by atoms with Crippen molar-refractivity contribution in [1.82, 2.24) is 24.5 Å². The Balaban J connectivity index is 0.858. The zero-order chi connectivity index (χ0) is 52.4. The van der Waals surface area contributed by atoms with Crippen LogP contribution in [0.15, 0.2) is 83.9 Å². The topological polar surface area (TPSA) is 208 Å². The third-order valence-corrected chi connectivity index (χ3v) is 18.2. The minimum absolute atomic E-state index is 0.111. The van der Waals surface area contributed by atoms with Crippen molar-refractivity contribution in [1.29, 1.82) is 0 Å². The standard InChI is InChI=1S/C56H71N9O9S/c1-54(2,3)74-49-9-7-6-8-41(49)48-34-61(5)25-26-63(48)39-31-56(32-39)20-23-62(24-21-56)38-10-12-42(45(29-38)64-44-17-27-72-35-50(44)73-53-47(64)28-37-16-22-57-51(37)59-53)52(66)60-75(70,71)40-11-13-43(46(30-40)65(68)69)58-33-36-14-18-55(4,67)19-15-36/h6-13,16,22,28-30,36,39,44,48,50,58,67H,14-15,17-21,23-27,31-35H2,1-5H3,(H,57,59)(H,60,66)/t36?,44-,48+,50-,55?/m0/s1. The van der Waals surface area contributed by atoms with Crippen LogP contribution in [-0.2, 0) is 14.8 Å². The predicted octanol–water partition coefficient (Wildman–Crippen LogP) is 8.55. The lowest BCUT2D eigenvalue weighted by atomic mass is 9.59. The summed E-state index contributed by atoms with van der Waals surface area (Å²) in [6, 6.07) is 22.1. The molecule has 5 fully saturated rings. The number of carbonyl (C=O) groups is 1. The minimum atomic E-state index is -4.63. The first kappa shape index (κ1) is 51.1. The van der Waals surface area contributed by atoms with Gasteiger partial charge in [-0.25, -0.2) is 13.1 Å². The maximum Gasteiger partial charge on any atom is 0.293 e. The van der Waals surface area contributed by atoms with E-state index >= 15 is 0 Å². The molecule has 1 spiro atoms. The van der Waals surface area contributed by atoms with Gasteiger partial charge >= 0.3 is 0 Å². The normalized spacial score (nSPS) is 25.5. The molecule has 1 amide bonds. The Morgan fingerprint density at radius 1 is 0.973 bits per heavy atom. The summed E-state index contributed by atoms with van der Waals surface area (Å²) < 4.78 is 49.7. The van der Waals surface area contributed by atoms with Crippen molar-refractivity contribution < 1.29 is 37.5 Å². The number of hydrogen-bond donors (Lipinski definition) is 4. The van der Waals surface area contributed by atoms with E-state index in [0.29, 0.717) is 68.0 Å². The molecule has 3 atom stereocenters. The molecule has 0 unspecified atom stereocenters. The average molecular weight is 1050 g/mol. The zero-order valence-electron chi connectivity index (χ0n) is 43.7. The van der Waals surface area contributed by atoms with Crippen molar-refractivity contribution in [2.75, 3.05) is 74.6 Å². The van der Waals surface area contributed by atoms with Crippen LogP contribution in [0, 0.1) is 21.4 Å². The van der Waals surface area contributed by atoms with Crippen LogP contribution >= 0.6 is 0 Å². The number of likely N-dealkylation sites (N-methyl/N-ethyl adjacent to an activating group) is 1. The molecule has 75 heavy (non-hydrogen) atoms. The second-order valence-corrected chi connectivity index (χ2v) is 25.1. The van der Waals surface area contributed by atoms with Gasteiger partial charge in [0.2, 0.25) is 5.88 Å². The number of piperazine rings is 1. The molecule has 18 nitrogen and oxygen atoms in total. The Bertz CT molecular complexity index is 3060. The van der Waals surface area contributed by atoms with Crippen LogP contribution < -0.4 is 29.3 Å². The maximum absolute atomic E-state index is 14.8. The molecule has 4 aliphatic heterocycles. The van der Waals surface area contributed by atoms with Gasteiger partial charge < -0.3 is 44.3 Å². The molecule has 2 aliphatic carbocycles. The molecule has 6 aliphatic rings. The molecular formula is C56H71N9O9S. The number of pyridine rings is 1. The third kappa shape index (κ3) is 10.5. The summed E-state index contributed by atoms with van der Waals surface area (Å²) in [5.41, 5.74) is 3.00. The second kappa shape index (κ2) is 19.9. The Hall–Kier alpha value is -5.99. The summed E-state index contributed by atoms with van der Waals surface area (Å²) in [4.78, 5) is 43.8. The van der Waals surface area contributed by atoms with Gasteiger partial charge in [-0.05, 0) is 152 Å². The number of ether oxygens (including phenoxy) is 3. The number of H-pyrrole nitrogens is 1. The van der Waals surface area contributed by atoms with Gasteiger partial charge in [0.25, 0.3) is 21.6 Å². The van der Waals surface area contributed by atoms with Crippen LogP contribution in [0.2, 0.25) is 0 Å². The van der Waals surface area contributed by atoms with Crippen LogP contribution in [0.4, 0.5) is 28.4 Å². The number of nitrogens with one attached hydrogen (secondary N) is 3. The van der Waals surface area contributed by atoms with E-state index in [1.54, 1.807) is 6.07 Å². The predicted molar refractivity (Wildman–Crippen MR) is 288 cm³/mol. The Morgan fingerprint density at radius 2 is 1.75 bits per heavy atom. The van der Waals surface area contributed by atoms with Gasteiger partial charge in [0.1, 0.15) is 34.5 Å². The van der Waals surface area contributed by atoms with Crippen LogP contribution in [-0.4, -0.2) is 133 Å².